The minimum absolute atomic E-state index is 0.0150. The van der Waals surface area contributed by atoms with Gasteiger partial charge >= 0.3 is 0 Å². The van der Waals surface area contributed by atoms with Gasteiger partial charge in [0.05, 0.1) is 0 Å². The maximum absolute atomic E-state index is 12.7. The topological polar surface area (TPSA) is 32.9 Å². The van der Waals surface area contributed by atoms with E-state index in [0.29, 0.717) is 11.1 Å². The number of benzene rings is 2. The van der Waals surface area contributed by atoms with Crippen LogP contribution in [-0.4, -0.2) is 10.8 Å². The molecule has 0 atom stereocenters. The third-order valence-corrected chi connectivity index (χ3v) is 4.41. The van der Waals surface area contributed by atoms with E-state index < -0.39 is 0 Å². The van der Waals surface area contributed by atoms with E-state index in [1.165, 1.54) is 0 Å². The summed E-state index contributed by atoms with van der Waals surface area (Å²) in [6, 6.07) is 11.6. The van der Waals surface area contributed by atoms with Crippen molar-refractivity contribution in [2.24, 2.45) is 0 Å². The number of aromatic amines is 1. The predicted octanol–water partition coefficient (Wildman–Crippen LogP) is 5.23. The van der Waals surface area contributed by atoms with E-state index in [1.807, 2.05) is 43.3 Å². The summed E-state index contributed by atoms with van der Waals surface area (Å²) in [4.78, 5) is 15.9. The lowest BCUT2D eigenvalue weighted by Crippen LogP contribution is -2.01. The van der Waals surface area contributed by atoms with Crippen molar-refractivity contribution in [3.8, 4) is 0 Å². The van der Waals surface area contributed by atoms with E-state index in [0.717, 1.165) is 25.4 Å². The first-order valence-corrected chi connectivity index (χ1v) is 7.72. The quantitative estimate of drug-likeness (QED) is 0.595. The smallest absolute Gasteiger partial charge is 0.196 e. The molecule has 20 heavy (non-hydrogen) atoms. The fourth-order valence-electron chi connectivity index (χ4n) is 2.24. The van der Waals surface area contributed by atoms with Gasteiger partial charge in [0.15, 0.2) is 5.78 Å². The minimum atomic E-state index is 0.0150. The molecule has 100 valence electrons. The Balaban J connectivity index is 2.15. The van der Waals surface area contributed by atoms with E-state index in [9.17, 15) is 4.79 Å². The van der Waals surface area contributed by atoms with Gasteiger partial charge in [-0.05, 0) is 53.2 Å². The summed E-state index contributed by atoms with van der Waals surface area (Å²) < 4.78 is 1.73. The molecule has 2 aromatic carbocycles. The van der Waals surface area contributed by atoms with Crippen LogP contribution in [-0.2, 0) is 0 Å². The highest BCUT2D eigenvalue weighted by molar-refractivity contribution is 9.11. The summed E-state index contributed by atoms with van der Waals surface area (Å²) in [5.41, 5.74) is 3.48. The highest BCUT2D eigenvalue weighted by Gasteiger charge is 2.16. The molecule has 4 heteroatoms. The first-order chi connectivity index (χ1) is 9.56. The van der Waals surface area contributed by atoms with Crippen molar-refractivity contribution < 1.29 is 4.79 Å². The lowest BCUT2D eigenvalue weighted by atomic mass is 10.0. The van der Waals surface area contributed by atoms with E-state index in [2.05, 4.69) is 36.8 Å². The van der Waals surface area contributed by atoms with Gasteiger partial charge < -0.3 is 4.98 Å². The molecule has 1 N–H and O–H groups in total. The van der Waals surface area contributed by atoms with Crippen LogP contribution < -0.4 is 0 Å². The van der Waals surface area contributed by atoms with Crippen LogP contribution in [0, 0.1) is 6.92 Å². The molecule has 3 aromatic rings. The van der Waals surface area contributed by atoms with E-state index in [4.69, 9.17) is 0 Å². The third kappa shape index (κ3) is 2.34. The first-order valence-electron chi connectivity index (χ1n) is 6.14. The molecule has 1 aromatic heterocycles. The predicted molar refractivity (Wildman–Crippen MR) is 88.3 cm³/mol. The second-order valence-corrected chi connectivity index (χ2v) is 6.47. The lowest BCUT2D eigenvalue weighted by Gasteiger charge is -2.04. The molecule has 0 unspecified atom stereocenters. The summed E-state index contributed by atoms with van der Waals surface area (Å²) in [5, 5.41) is 0.963. The average molecular weight is 393 g/mol. The Morgan fingerprint density at radius 3 is 2.60 bits per heavy atom. The van der Waals surface area contributed by atoms with E-state index >= 15 is 0 Å². The Morgan fingerprint density at radius 1 is 1.05 bits per heavy atom. The van der Waals surface area contributed by atoms with Crippen molar-refractivity contribution in [2.45, 2.75) is 6.92 Å². The zero-order valence-corrected chi connectivity index (χ0v) is 13.9. The third-order valence-electron chi connectivity index (χ3n) is 3.26. The van der Waals surface area contributed by atoms with Crippen molar-refractivity contribution in [1.82, 2.24) is 4.98 Å². The van der Waals surface area contributed by atoms with Crippen LogP contribution in [0.2, 0.25) is 0 Å². The van der Waals surface area contributed by atoms with Gasteiger partial charge in [0, 0.05) is 37.2 Å². The zero-order chi connectivity index (χ0) is 14.3. The van der Waals surface area contributed by atoms with Gasteiger partial charge in [-0.1, -0.05) is 27.6 Å². The molecule has 1 heterocycles. The second-order valence-electron chi connectivity index (χ2n) is 4.70. The van der Waals surface area contributed by atoms with Crippen molar-refractivity contribution in [1.29, 1.82) is 0 Å². The highest BCUT2D eigenvalue weighted by atomic mass is 79.9. The van der Waals surface area contributed by atoms with Gasteiger partial charge in [0.1, 0.15) is 0 Å². The second kappa shape index (κ2) is 5.19. The number of hydrogen-bond acceptors (Lipinski definition) is 1. The van der Waals surface area contributed by atoms with Gasteiger partial charge in [-0.15, -0.1) is 0 Å². The molecule has 0 bridgehead atoms. The molecule has 3 rings (SSSR count). The van der Waals surface area contributed by atoms with Crippen LogP contribution in [0.3, 0.4) is 0 Å². The van der Waals surface area contributed by atoms with Gasteiger partial charge in [-0.25, -0.2) is 0 Å². The van der Waals surface area contributed by atoms with Crippen LogP contribution in [0.5, 0.6) is 0 Å². The number of fused-ring (bicyclic) bond motifs is 1. The molecule has 0 spiro atoms. The number of carbonyl (C=O) groups is 1. The number of rotatable bonds is 2. The van der Waals surface area contributed by atoms with Crippen LogP contribution in [0.25, 0.3) is 10.9 Å². The molecule has 0 amide bonds. The normalized spacial score (nSPS) is 10.9. The molecule has 0 fully saturated rings. The van der Waals surface area contributed by atoms with Crippen LogP contribution in [0.1, 0.15) is 21.5 Å². The van der Waals surface area contributed by atoms with Crippen molar-refractivity contribution in [3.63, 3.8) is 0 Å². The Bertz CT molecular complexity index is 820. The number of H-pyrrole nitrogens is 1. The summed E-state index contributed by atoms with van der Waals surface area (Å²) in [6.07, 6.45) is 1.78. The monoisotopic (exact) mass is 391 g/mol. The summed E-state index contributed by atoms with van der Waals surface area (Å²) in [5.74, 6) is 0.0150. The summed E-state index contributed by atoms with van der Waals surface area (Å²) in [7, 11) is 0. The van der Waals surface area contributed by atoms with Crippen molar-refractivity contribution in [2.75, 3.05) is 0 Å². The molecule has 2 nitrogen and oxygen atoms in total. The maximum Gasteiger partial charge on any atom is 0.196 e. The zero-order valence-electron chi connectivity index (χ0n) is 10.7. The number of carbonyl (C=O) groups excluding carboxylic acids is 1. The maximum atomic E-state index is 12.7. The van der Waals surface area contributed by atoms with Gasteiger partial charge in [0.2, 0.25) is 0 Å². The number of ketones is 1. The Hall–Kier alpha value is -1.39. The van der Waals surface area contributed by atoms with Gasteiger partial charge in [-0.3, -0.25) is 4.79 Å². The lowest BCUT2D eigenvalue weighted by molar-refractivity contribution is 0.103. The van der Waals surface area contributed by atoms with Gasteiger partial charge in [-0.2, -0.15) is 0 Å². The average Bonchev–Trinajstić information content (AvgIpc) is 2.81. The number of halogens is 2. The van der Waals surface area contributed by atoms with Crippen molar-refractivity contribution >= 4 is 48.5 Å². The van der Waals surface area contributed by atoms with Crippen LogP contribution in [0.4, 0.5) is 0 Å². The minimum Gasteiger partial charge on any atom is -0.360 e. The molecular weight excluding hydrogens is 382 g/mol. The Morgan fingerprint density at radius 2 is 1.85 bits per heavy atom. The Labute approximate surface area is 133 Å². The number of aryl methyl sites for hydroxylation is 1. The van der Waals surface area contributed by atoms with Gasteiger partial charge in [0.25, 0.3) is 0 Å². The SMILES string of the molecule is Cc1ccc2[nH]cc(C(=O)c3ccc(Br)cc3Br)c2c1. The number of nitrogens with one attached hydrogen (secondary N) is 1. The molecule has 0 saturated heterocycles. The fraction of sp³-hybridized carbons (Fsp3) is 0.0625. The number of hydrogen-bond donors (Lipinski definition) is 1. The molecule has 0 aliphatic carbocycles. The molecular formula is C16H11Br2NO. The summed E-state index contributed by atoms with van der Waals surface area (Å²) in [6.45, 7) is 2.02. The first kappa shape index (κ1) is 13.6. The Kier molecular flexibility index (Phi) is 3.52. The molecule has 0 radical (unpaired) electrons. The highest BCUT2D eigenvalue weighted by Crippen LogP contribution is 2.27. The van der Waals surface area contributed by atoms with E-state index in [-0.39, 0.29) is 5.78 Å². The standard InChI is InChI=1S/C16H11Br2NO/c1-9-2-5-15-12(6-9)13(8-19-15)16(20)11-4-3-10(17)7-14(11)18/h2-8,19H,1H3. The van der Waals surface area contributed by atoms with Crippen LogP contribution >= 0.6 is 31.9 Å². The largest absolute Gasteiger partial charge is 0.360 e. The van der Waals surface area contributed by atoms with Crippen molar-refractivity contribution in [3.05, 3.63) is 68.2 Å². The summed E-state index contributed by atoms with van der Waals surface area (Å²) >= 11 is 6.85. The molecule has 0 aliphatic heterocycles. The fourth-order valence-corrected chi connectivity index (χ4v) is 3.47. The van der Waals surface area contributed by atoms with Crippen LogP contribution in [0.15, 0.2) is 51.5 Å². The number of aromatic nitrogens is 1. The van der Waals surface area contributed by atoms with E-state index in [1.54, 1.807) is 6.20 Å². The molecule has 0 saturated carbocycles. The molecule has 0 aliphatic rings.